The number of carbonyl (C=O) groups is 1. The van der Waals surface area contributed by atoms with E-state index in [9.17, 15) is 4.79 Å². The van der Waals surface area contributed by atoms with Gasteiger partial charge in [-0.2, -0.15) is 5.10 Å². The second kappa shape index (κ2) is 9.54. The maximum atomic E-state index is 12.8. The Bertz CT molecular complexity index is 900. The normalized spacial score (nSPS) is 16.2. The van der Waals surface area contributed by atoms with Crippen LogP contribution >= 0.6 is 0 Å². The van der Waals surface area contributed by atoms with Crippen LogP contribution in [-0.4, -0.2) is 48.2 Å². The topological polar surface area (TPSA) is 78.5 Å². The highest BCUT2D eigenvalue weighted by Gasteiger charge is 2.19. The van der Waals surface area contributed by atoms with E-state index in [0.29, 0.717) is 36.9 Å². The molecule has 7 heteroatoms. The number of carbonyl (C=O) groups excluding carboxylic acids is 1. The number of furan rings is 1. The fourth-order valence-electron chi connectivity index (χ4n) is 3.31. The van der Waals surface area contributed by atoms with Gasteiger partial charge in [-0.25, -0.2) is 4.68 Å². The molecule has 2 aromatic heterocycles. The second-order valence-corrected chi connectivity index (χ2v) is 6.96. The lowest BCUT2D eigenvalue weighted by atomic mass is 10.2. The van der Waals surface area contributed by atoms with Crippen LogP contribution in [0.5, 0.6) is 0 Å². The van der Waals surface area contributed by atoms with Crippen molar-refractivity contribution in [3.8, 4) is 17.1 Å². The molecular formula is C22H25N3O4. The van der Waals surface area contributed by atoms with Gasteiger partial charge in [0, 0.05) is 25.8 Å². The Kier molecular flexibility index (Phi) is 6.38. The van der Waals surface area contributed by atoms with Crippen LogP contribution in [0.3, 0.4) is 0 Å². The Morgan fingerprint density at radius 2 is 2.14 bits per heavy atom. The van der Waals surface area contributed by atoms with E-state index in [0.717, 1.165) is 31.6 Å². The van der Waals surface area contributed by atoms with E-state index in [1.807, 2.05) is 36.4 Å². The maximum absolute atomic E-state index is 12.8. The molecule has 0 aliphatic carbocycles. The van der Waals surface area contributed by atoms with Gasteiger partial charge in [-0.1, -0.05) is 18.2 Å². The van der Waals surface area contributed by atoms with Crippen LogP contribution in [-0.2, 0) is 9.47 Å². The molecular weight excluding hydrogens is 370 g/mol. The second-order valence-electron chi connectivity index (χ2n) is 6.96. The molecule has 0 spiro atoms. The first kappa shape index (κ1) is 19.4. The van der Waals surface area contributed by atoms with Crippen LogP contribution in [0.15, 0.2) is 59.2 Å². The number of amides is 1. The lowest BCUT2D eigenvalue weighted by Crippen LogP contribution is -2.27. The Morgan fingerprint density at radius 3 is 2.90 bits per heavy atom. The summed E-state index contributed by atoms with van der Waals surface area (Å²) in [6, 6.07) is 14.9. The number of nitrogens with one attached hydrogen (secondary N) is 1. The Labute approximate surface area is 169 Å². The molecule has 29 heavy (non-hydrogen) atoms. The Hall–Kier alpha value is -2.90. The van der Waals surface area contributed by atoms with Gasteiger partial charge in [0.2, 0.25) is 0 Å². The van der Waals surface area contributed by atoms with Gasteiger partial charge in [0.25, 0.3) is 5.91 Å². The summed E-state index contributed by atoms with van der Waals surface area (Å²) in [4.78, 5) is 12.8. The van der Waals surface area contributed by atoms with Gasteiger partial charge in [0.05, 0.1) is 24.7 Å². The van der Waals surface area contributed by atoms with Gasteiger partial charge in [-0.3, -0.25) is 4.79 Å². The van der Waals surface area contributed by atoms with Crippen molar-refractivity contribution < 1.29 is 18.7 Å². The number of hydrogen-bond acceptors (Lipinski definition) is 5. The molecule has 7 nitrogen and oxygen atoms in total. The SMILES string of the molecule is O=C(NCCCOCC1CCCO1)c1cc(-c2ccco2)nn1-c1ccccc1. The van der Waals surface area contributed by atoms with Crippen molar-refractivity contribution in [2.45, 2.75) is 25.4 Å². The van der Waals surface area contributed by atoms with Crippen LogP contribution in [0.1, 0.15) is 29.8 Å². The molecule has 1 fully saturated rings. The lowest BCUT2D eigenvalue weighted by Gasteiger charge is -2.11. The molecule has 1 aromatic carbocycles. The summed E-state index contributed by atoms with van der Waals surface area (Å²) in [5.74, 6) is 0.439. The van der Waals surface area contributed by atoms with Crippen LogP contribution in [0.25, 0.3) is 17.1 Å². The first-order valence-corrected chi connectivity index (χ1v) is 9.98. The number of para-hydroxylation sites is 1. The van der Waals surface area contributed by atoms with Crippen LogP contribution in [0, 0.1) is 0 Å². The van der Waals surface area contributed by atoms with Crippen LogP contribution < -0.4 is 5.32 Å². The zero-order chi connectivity index (χ0) is 19.9. The van der Waals surface area contributed by atoms with Crippen molar-refractivity contribution in [1.29, 1.82) is 0 Å². The van der Waals surface area contributed by atoms with Crippen molar-refractivity contribution in [2.75, 3.05) is 26.4 Å². The van der Waals surface area contributed by atoms with Crippen LogP contribution in [0.4, 0.5) is 0 Å². The molecule has 4 rings (SSSR count). The summed E-state index contributed by atoms with van der Waals surface area (Å²) in [6.45, 7) is 2.58. The average Bonchev–Trinajstić information content (AvgIpc) is 3.52. The Balaban J connectivity index is 1.36. The first-order chi connectivity index (χ1) is 14.3. The molecule has 1 amide bonds. The molecule has 1 aliphatic rings. The first-order valence-electron chi connectivity index (χ1n) is 9.98. The summed E-state index contributed by atoms with van der Waals surface area (Å²) in [5.41, 5.74) is 1.89. The van der Waals surface area contributed by atoms with Crippen molar-refractivity contribution in [2.24, 2.45) is 0 Å². The molecule has 0 bridgehead atoms. The number of hydrogen-bond donors (Lipinski definition) is 1. The van der Waals surface area contributed by atoms with E-state index in [2.05, 4.69) is 10.4 Å². The summed E-state index contributed by atoms with van der Waals surface area (Å²) in [5, 5.41) is 7.52. The van der Waals surface area contributed by atoms with E-state index in [1.165, 1.54) is 0 Å². The van der Waals surface area contributed by atoms with Crippen LogP contribution in [0.2, 0.25) is 0 Å². The molecule has 1 N–H and O–H groups in total. The van der Waals surface area contributed by atoms with E-state index in [1.54, 1.807) is 23.1 Å². The summed E-state index contributed by atoms with van der Waals surface area (Å²) in [6.07, 6.45) is 4.73. The van der Waals surface area contributed by atoms with Crippen molar-refractivity contribution >= 4 is 5.91 Å². The van der Waals surface area contributed by atoms with Crippen molar-refractivity contribution in [3.05, 3.63) is 60.5 Å². The molecule has 0 radical (unpaired) electrons. The molecule has 3 aromatic rings. The zero-order valence-electron chi connectivity index (χ0n) is 16.3. The number of benzene rings is 1. The van der Waals surface area contributed by atoms with E-state index in [-0.39, 0.29) is 12.0 Å². The third-order valence-corrected chi connectivity index (χ3v) is 4.80. The smallest absolute Gasteiger partial charge is 0.270 e. The molecule has 1 aliphatic heterocycles. The number of nitrogens with zero attached hydrogens (tertiary/aromatic N) is 2. The van der Waals surface area contributed by atoms with Gasteiger partial charge >= 0.3 is 0 Å². The highest BCUT2D eigenvalue weighted by atomic mass is 16.5. The van der Waals surface area contributed by atoms with E-state index >= 15 is 0 Å². The Morgan fingerprint density at radius 1 is 1.24 bits per heavy atom. The average molecular weight is 395 g/mol. The van der Waals surface area contributed by atoms with Crippen molar-refractivity contribution in [3.63, 3.8) is 0 Å². The monoisotopic (exact) mass is 395 g/mol. The standard InChI is InChI=1S/C22H25N3O4/c26-22(23-11-6-12-27-16-18-9-4-13-28-18)20-15-19(21-10-5-14-29-21)24-25(20)17-7-2-1-3-8-17/h1-3,5,7-8,10,14-15,18H,4,6,9,11-13,16H2,(H,23,26). The fourth-order valence-corrected chi connectivity index (χ4v) is 3.31. The minimum absolute atomic E-state index is 0.182. The minimum Gasteiger partial charge on any atom is -0.463 e. The predicted octanol–water partition coefficient (Wildman–Crippen LogP) is 3.45. The third kappa shape index (κ3) is 4.93. The van der Waals surface area contributed by atoms with E-state index < -0.39 is 0 Å². The molecule has 1 atom stereocenters. The summed E-state index contributed by atoms with van der Waals surface area (Å²) < 4.78 is 18.3. The lowest BCUT2D eigenvalue weighted by molar-refractivity contribution is 0.0166. The van der Waals surface area contributed by atoms with Gasteiger partial charge in [0.15, 0.2) is 5.76 Å². The van der Waals surface area contributed by atoms with Crippen molar-refractivity contribution in [1.82, 2.24) is 15.1 Å². The number of rotatable bonds is 9. The number of ether oxygens (including phenoxy) is 2. The summed E-state index contributed by atoms with van der Waals surface area (Å²) in [7, 11) is 0. The van der Waals surface area contributed by atoms with E-state index in [4.69, 9.17) is 13.9 Å². The largest absolute Gasteiger partial charge is 0.463 e. The van der Waals surface area contributed by atoms with Gasteiger partial charge in [-0.15, -0.1) is 0 Å². The molecule has 152 valence electrons. The molecule has 1 unspecified atom stereocenters. The fraction of sp³-hybridized carbons (Fsp3) is 0.364. The van der Waals surface area contributed by atoms with Gasteiger partial charge < -0.3 is 19.2 Å². The quantitative estimate of drug-likeness (QED) is 0.562. The zero-order valence-corrected chi connectivity index (χ0v) is 16.3. The molecule has 1 saturated heterocycles. The predicted molar refractivity (Wildman–Crippen MR) is 108 cm³/mol. The molecule has 3 heterocycles. The molecule has 0 saturated carbocycles. The van der Waals surface area contributed by atoms with Gasteiger partial charge in [-0.05, 0) is 43.5 Å². The highest BCUT2D eigenvalue weighted by Crippen LogP contribution is 2.22. The maximum Gasteiger partial charge on any atom is 0.270 e. The highest BCUT2D eigenvalue weighted by molar-refractivity contribution is 5.94. The number of aromatic nitrogens is 2. The third-order valence-electron chi connectivity index (χ3n) is 4.80. The summed E-state index contributed by atoms with van der Waals surface area (Å²) >= 11 is 0. The minimum atomic E-state index is -0.182. The van der Waals surface area contributed by atoms with Gasteiger partial charge in [0.1, 0.15) is 11.4 Å².